The number of hydrogen-bond donors (Lipinski definition) is 2. The van der Waals surface area contributed by atoms with Crippen LogP contribution in [0.3, 0.4) is 0 Å². The van der Waals surface area contributed by atoms with Gasteiger partial charge in [0.15, 0.2) is 0 Å². The number of tetrazole rings is 1. The van der Waals surface area contributed by atoms with Crippen LogP contribution in [0.4, 0.5) is 0 Å². The van der Waals surface area contributed by atoms with Gasteiger partial charge in [-0.2, -0.15) is 5.21 Å². The molecule has 1 aromatic carbocycles. The maximum absolute atomic E-state index is 13.6. The zero-order valence-electron chi connectivity index (χ0n) is 24.1. The summed E-state index contributed by atoms with van der Waals surface area (Å²) < 4.78 is 0. The fourth-order valence-corrected chi connectivity index (χ4v) is 6.12. The van der Waals surface area contributed by atoms with Crippen LogP contribution in [0.25, 0.3) is 11.4 Å². The monoisotopic (exact) mass is 523 g/mol. The second kappa shape index (κ2) is 11.5. The molecule has 9 heteroatoms. The molecule has 1 aliphatic heterocycles. The van der Waals surface area contributed by atoms with E-state index in [1.165, 1.54) is 0 Å². The van der Waals surface area contributed by atoms with E-state index < -0.39 is 6.04 Å². The first-order valence-corrected chi connectivity index (χ1v) is 14.2. The molecule has 2 aromatic rings. The number of likely N-dealkylation sites (tertiary alicyclic amines) is 1. The van der Waals surface area contributed by atoms with E-state index in [-0.39, 0.29) is 23.3 Å². The van der Waals surface area contributed by atoms with Gasteiger partial charge in [-0.15, -0.1) is 10.2 Å². The van der Waals surface area contributed by atoms with Crippen LogP contribution in [0, 0.1) is 5.92 Å². The van der Waals surface area contributed by atoms with E-state index >= 15 is 0 Å². The minimum absolute atomic E-state index is 0.0606. The van der Waals surface area contributed by atoms with E-state index in [2.05, 4.69) is 84.3 Å². The minimum atomic E-state index is -0.493. The van der Waals surface area contributed by atoms with Crippen LogP contribution in [0.1, 0.15) is 96.0 Å². The smallest absolute Gasteiger partial charge is 0.251 e. The van der Waals surface area contributed by atoms with Gasteiger partial charge in [0.1, 0.15) is 6.04 Å². The molecule has 1 saturated heterocycles. The van der Waals surface area contributed by atoms with Crippen molar-refractivity contribution < 1.29 is 9.59 Å². The number of nitrogens with zero attached hydrogens (tertiary/aromatic N) is 5. The quantitative estimate of drug-likeness (QED) is 0.538. The van der Waals surface area contributed by atoms with Gasteiger partial charge in [0.25, 0.3) is 5.91 Å². The molecule has 1 aliphatic carbocycles. The molecule has 0 spiro atoms. The van der Waals surface area contributed by atoms with E-state index in [9.17, 15) is 9.59 Å². The molecule has 1 aromatic heterocycles. The van der Waals surface area contributed by atoms with Gasteiger partial charge < -0.3 is 15.1 Å². The van der Waals surface area contributed by atoms with Crippen LogP contribution in [0.15, 0.2) is 18.2 Å². The molecule has 0 radical (unpaired) electrons. The Labute approximate surface area is 227 Å². The van der Waals surface area contributed by atoms with Crippen LogP contribution in [0.5, 0.6) is 0 Å². The summed E-state index contributed by atoms with van der Waals surface area (Å²) in [5.41, 5.74) is 2.05. The lowest BCUT2D eigenvalue weighted by atomic mass is 9.77. The summed E-state index contributed by atoms with van der Waals surface area (Å²) in [4.78, 5) is 31.6. The highest BCUT2D eigenvalue weighted by Gasteiger charge is 2.42. The standard InChI is InChI=1S/C29H45N7O2/c1-8-9-19-17-23(35(7)18(2)3)10-11-25(19)36-13-12-24(28(36)38)30-27(37)21-14-20(26-31-33-34-32-26)15-22(16-21)29(4,5)6/h14-16,18-19,23-25H,8-13,17H2,1-7H3,(H,30,37)(H,31,32,33,34)/t19-,23-,24?,25+/m1/s1. The Morgan fingerprint density at radius 3 is 2.61 bits per heavy atom. The number of nitrogens with one attached hydrogen (secondary N) is 2. The zero-order chi connectivity index (χ0) is 27.6. The Morgan fingerprint density at radius 1 is 1.21 bits per heavy atom. The van der Waals surface area contributed by atoms with Crippen molar-refractivity contribution in [2.75, 3.05) is 13.6 Å². The number of H-pyrrole nitrogens is 1. The van der Waals surface area contributed by atoms with E-state index in [0.29, 0.717) is 42.4 Å². The fourth-order valence-electron chi connectivity index (χ4n) is 6.12. The lowest BCUT2D eigenvalue weighted by molar-refractivity contribution is -0.133. The lowest BCUT2D eigenvalue weighted by Gasteiger charge is -2.44. The topological polar surface area (TPSA) is 107 Å². The van der Waals surface area contributed by atoms with Crippen molar-refractivity contribution in [1.82, 2.24) is 35.7 Å². The predicted octanol–water partition coefficient (Wildman–Crippen LogP) is 4.17. The summed E-state index contributed by atoms with van der Waals surface area (Å²) >= 11 is 0. The van der Waals surface area contributed by atoms with Crippen molar-refractivity contribution in [2.24, 2.45) is 5.92 Å². The summed E-state index contributed by atoms with van der Waals surface area (Å²) in [6.45, 7) is 13.7. The molecule has 2 aliphatic rings. The fraction of sp³-hybridized carbons (Fsp3) is 0.690. The van der Waals surface area contributed by atoms with Crippen LogP contribution in [0.2, 0.25) is 0 Å². The van der Waals surface area contributed by atoms with Crippen molar-refractivity contribution in [1.29, 1.82) is 0 Å². The Kier molecular flexibility index (Phi) is 8.55. The molecule has 1 unspecified atom stereocenters. The average Bonchev–Trinajstić information content (AvgIpc) is 3.54. The SMILES string of the molecule is CCC[C@@H]1C[C@H](N(C)C(C)C)CC[C@@H]1N1CCC(NC(=O)c2cc(-c3nn[nH]n3)cc(C(C)(C)C)c2)C1=O. The van der Waals surface area contributed by atoms with Crippen LogP contribution >= 0.6 is 0 Å². The summed E-state index contributed by atoms with van der Waals surface area (Å²) in [6.07, 6.45) is 6.17. The lowest BCUT2D eigenvalue weighted by Crippen LogP contribution is -2.51. The molecule has 2 fully saturated rings. The normalized spacial score (nSPS) is 24.4. The van der Waals surface area contributed by atoms with Crippen molar-refractivity contribution in [3.8, 4) is 11.4 Å². The molecule has 4 rings (SSSR count). The minimum Gasteiger partial charge on any atom is -0.340 e. The second-order valence-corrected chi connectivity index (χ2v) is 12.5. The third-order valence-corrected chi connectivity index (χ3v) is 8.57. The molecule has 38 heavy (non-hydrogen) atoms. The zero-order valence-corrected chi connectivity index (χ0v) is 24.1. The molecule has 208 valence electrons. The van der Waals surface area contributed by atoms with Crippen molar-refractivity contribution in [3.63, 3.8) is 0 Å². The molecule has 0 bridgehead atoms. The van der Waals surface area contributed by atoms with E-state index in [1.54, 1.807) is 6.07 Å². The predicted molar refractivity (Wildman–Crippen MR) is 149 cm³/mol. The number of amides is 2. The Hall–Kier alpha value is -2.81. The highest BCUT2D eigenvalue weighted by Crippen LogP contribution is 2.36. The number of benzene rings is 1. The van der Waals surface area contributed by atoms with Gasteiger partial charge in [0, 0.05) is 35.8 Å². The Bertz CT molecular complexity index is 1110. The van der Waals surface area contributed by atoms with Gasteiger partial charge in [0.2, 0.25) is 11.7 Å². The number of carbonyl (C=O) groups is 2. The Morgan fingerprint density at radius 2 is 1.97 bits per heavy atom. The van der Waals surface area contributed by atoms with Gasteiger partial charge >= 0.3 is 0 Å². The summed E-state index contributed by atoms with van der Waals surface area (Å²) in [6, 6.07) is 6.52. The van der Waals surface area contributed by atoms with E-state index in [4.69, 9.17) is 0 Å². The van der Waals surface area contributed by atoms with E-state index in [0.717, 1.165) is 43.2 Å². The van der Waals surface area contributed by atoms with E-state index in [1.807, 2.05) is 12.1 Å². The van der Waals surface area contributed by atoms with Crippen LogP contribution in [-0.2, 0) is 10.2 Å². The first-order valence-electron chi connectivity index (χ1n) is 14.2. The van der Waals surface area contributed by atoms with Crippen molar-refractivity contribution in [3.05, 3.63) is 29.3 Å². The molecule has 2 amide bonds. The summed E-state index contributed by atoms with van der Waals surface area (Å²) in [7, 11) is 2.23. The van der Waals surface area contributed by atoms with Gasteiger partial charge in [0.05, 0.1) is 0 Å². The third-order valence-electron chi connectivity index (χ3n) is 8.57. The van der Waals surface area contributed by atoms with Crippen LogP contribution < -0.4 is 5.32 Å². The largest absolute Gasteiger partial charge is 0.340 e. The molecule has 2 heterocycles. The molecule has 1 saturated carbocycles. The van der Waals surface area contributed by atoms with Crippen LogP contribution in [-0.4, -0.2) is 80.0 Å². The number of carbonyl (C=O) groups excluding carboxylic acids is 2. The summed E-state index contributed by atoms with van der Waals surface area (Å²) in [5, 5.41) is 17.4. The van der Waals surface area contributed by atoms with Gasteiger partial charge in [-0.1, -0.05) is 34.1 Å². The average molecular weight is 524 g/mol. The maximum atomic E-state index is 13.6. The van der Waals surface area contributed by atoms with Gasteiger partial charge in [-0.3, -0.25) is 9.59 Å². The molecule has 2 N–H and O–H groups in total. The van der Waals surface area contributed by atoms with Crippen molar-refractivity contribution in [2.45, 2.75) is 110 Å². The third kappa shape index (κ3) is 6.08. The van der Waals surface area contributed by atoms with Gasteiger partial charge in [-0.05, 0) is 93.3 Å². The highest BCUT2D eigenvalue weighted by molar-refractivity contribution is 5.99. The number of aromatic nitrogens is 4. The Balaban J connectivity index is 1.48. The van der Waals surface area contributed by atoms with Crippen molar-refractivity contribution >= 4 is 11.8 Å². The molecule has 9 nitrogen and oxygen atoms in total. The summed E-state index contributed by atoms with van der Waals surface area (Å²) in [5.74, 6) is 0.757. The number of aromatic amines is 1. The molecule has 4 atom stereocenters. The second-order valence-electron chi connectivity index (χ2n) is 12.5. The molecular weight excluding hydrogens is 478 g/mol. The highest BCUT2D eigenvalue weighted by atomic mass is 16.2. The molecular formula is C29H45N7O2. The first kappa shape index (κ1) is 28.2. The number of hydrogen-bond acceptors (Lipinski definition) is 6. The first-order chi connectivity index (χ1) is 18.0. The maximum Gasteiger partial charge on any atom is 0.251 e. The van der Waals surface area contributed by atoms with Gasteiger partial charge in [-0.25, -0.2) is 0 Å². The number of rotatable bonds is 8.